The van der Waals surface area contributed by atoms with Crippen LogP contribution in [-0.4, -0.2) is 20.2 Å². The van der Waals surface area contributed by atoms with E-state index in [0.717, 1.165) is 0 Å². The molecule has 0 radical (unpaired) electrons. The van der Waals surface area contributed by atoms with Gasteiger partial charge in [0.2, 0.25) is 0 Å². The number of carbonyl (C=O) groups excluding carboxylic acids is 1. The van der Waals surface area contributed by atoms with E-state index in [0.29, 0.717) is 27.3 Å². The smallest absolute Gasteiger partial charge is 0.343 e. The minimum absolute atomic E-state index is 0.321. The quantitative estimate of drug-likeness (QED) is 0.631. The maximum atomic E-state index is 12.1. The molecule has 0 amide bonds. The minimum atomic E-state index is -0.449. The Labute approximate surface area is 125 Å². The highest BCUT2D eigenvalue weighted by Gasteiger charge is 2.17. The summed E-state index contributed by atoms with van der Waals surface area (Å²) in [6.07, 6.45) is 0. The number of rotatable bonds is 4. The lowest BCUT2D eigenvalue weighted by Crippen LogP contribution is -2.09. The molecule has 2 aromatic rings. The fraction of sp³-hybridized carbons (Fsp3) is 0.133. The van der Waals surface area contributed by atoms with Crippen LogP contribution in [0, 0.1) is 0 Å². The minimum Gasteiger partial charge on any atom is -0.497 e. The summed E-state index contributed by atoms with van der Waals surface area (Å²) in [5.74, 6) is 0.894. The van der Waals surface area contributed by atoms with Gasteiger partial charge in [0.1, 0.15) is 5.75 Å². The van der Waals surface area contributed by atoms with Crippen LogP contribution in [-0.2, 0) is 0 Å². The summed E-state index contributed by atoms with van der Waals surface area (Å²) in [6.45, 7) is 0. The summed E-state index contributed by atoms with van der Waals surface area (Å²) in [4.78, 5) is 12.1. The van der Waals surface area contributed by atoms with Crippen LogP contribution in [0.25, 0.3) is 0 Å². The molecule has 2 rings (SSSR count). The molecule has 0 bridgehead atoms. The van der Waals surface area contributed by atoms with Gasteiger partial charge in [0, 0.05) is 6.07 Å². The van der Waals surface area contributed by atoms with Crippen LogP contribution < -0.4 is 14.2 Å². The topological polar surface area (TPSA) is 44.8 Å². The van der Waals surface area contributed by atoms with Crippen LogP contribution in [0.1, 0.15) is 10.4 Å². The summed E-state index contributed by atoms with van der Waals surface area (Å²) in [6, 6.07) is 12.1. The highest BCUT2D eigenvalue weighted by molar-refractivity contribution is 9.10. The van der Waals surface area contributed by atoms with Crippen molar-refractivity contribution in [3.63, 3.8) is 0 Å². The Morgan fingerprint density at radius 1 is 1.05 bits per heavy atom. The van der Waals surface area contributed by atoms with Gasteiger partial charge in [-0.05, 0) is 34.1 Å². The van der Waals surface area contributed by atoms with Crippen LogP contribution in [0.3, 0.4) is 0 Å². The zero-order chi connectivity index (χ0) is 14.5. The predicted octanol–water partition coefficient (Wildman–Crippen LogP) is 3.69. The molecular formula is C15H13BrO4. The second kappa shape index (κ2) is 6.43. The van der Waals surface area contributed by atoms with E-state index in [1.54, 1.807) is 43.5 Å². The molecule has 4 nitrogen and oxygen atoms in total. The van der Waals surface area contributed by atoms with Crippen molar-refractivity contribution in [2.75, 3.05) is 14.2 Å². The molecule has 20 heavy (non-hydrogen) atoms. The summed E-state index contributed by atoms with van der Waals surface area (Å²) in [5, 5.41) is 0. The Morgan fingerprint density at radius 3 is 2.35 bits per heavy atom. The molecule has 0 aliphatic rings. The molecule has 0 atom stereocenters. The van der Waals surface area contributed by atoms with E-state index in [9.17, 15) is 4.79 Å². The van der Waals surface area contributed by atoms with Gasteiger partial charge in [-0.15, -0.1) is 0 Å². The van der Waals surface area contributed by atoms with Crippen molar-refractivity contribution in [2.24, 2.45) is 0 Å². The normalized spacial score (nSPS) is 9.95. The molecule has 104 valence electrons. The van der Waals surface area contributed by atoms with Crippen molar-refractivity contribution in [1.29, 1.82) is 0 Å². The number of halogens is 1. The van der Waals surface area contributed by atoms with E-state index in [2.05, 4.69) is 15.9 Å². The molecule has 0 unspecified atom stereocenters. The van der Waals surface area contributed by atoms with Gasteiger partial charge >= 0.3 is 5.97 Å². The third kappa shape index (κ3) is 3.11. The van der Waals surface area contributed by atoms with Gasteiger partial charge in [-0.2, -0.15) is 0 Å². The van der Waals surface area contributed by atoms with Crippen molar-refractivity contribution in [3.05, 3.63) is 52.5 Å². The van der Waals surface area contributed by atoms with Crippen LogP contribution >= 0.6 is 15.9 Å². The van der Waals surface area contributed by atoms with Crippen molar-refractivity contribution in [2.45, 2.75) is 0 Å². The monoisotopic (exact) mass is 336 g/mol. The lowest BCUT2D eigenvalue weighted by atomic mass is 10.2. The highest BCUT2D eigenvalue weighted by atomic mass is 79.9. The first-order valence-corrected chi connectivity index (χ1v) is 6.63. The average molecular weight is 337 g/mol. The average Bonchev–Trinajstić information content (AvgIpc) is 2.49. The Morgan fingerprint density at radius 2 is 1.75 bits per heavy atom. The van der Waals surface area contributed by atoms with Gasteiger partial charge < -0.3 is 14.2 Å². The zero-order valence-electron chi connectivity index (χ0n) is 11.1. The highest BCUT2D eigenvalue weighted by Crippen LogP contribution is 2.39. The van der Waals surface area contributed by atoms with E-state index >= 15 is 0 Å². The first-order chi connectivity index (χ1) is 9.65. The maximum Gasteiger partial charge on any atom is 0.343 e. The lowest BCUT2D eigenvalue weighted by Gasteiger charge is -2.12. The van der Waals surface area contributed by atoms with E-state index in [-0.39, 0.29) is 0 Å². The van der Waals surface area contributed by atoms with Gasteiger partial charge in [0.15, 0.2) is 11.5 Å². The molecule has 0 aliphatic heterocycles. The second-order valence-electron chi connectivity index (χ2n) is 3.90. The molecule has 0 N–H and O–H groups in total. The molecule has 0 saturated heterocycles. The van der Waals surface area contributed by atoms with Crippen molar-refractivity contribution < 1.29 is 19.0 Å². The lowest BCUT2D eigenvalue weighted by molar-refractivity contribution is 0.0728. The number of carbonyl (C=O) groups is 1. The molecule has 0 saturated carbocycles. The molecule has 0 heterocycles. The first kappa shape index (κ1) is 14.4. The SMILES string of the molecule is COc1cc(Br)c(OC(=O)c2ccccc2)c(OC)c1. The Kier molecular flexibility index (Phi) is 4.63. The van der Waals surface area contributed by atoms with Gasteiger partial charge in [0.25, 0.3) is 0 Å². The Bertz CT molecular complexity index is 611. The van der Waals surface area contributed by atoms with Gasteiger partial charge in [-0.1, -0.05) is 18.2 Å². The third-order valence-electron chi connectivity index (χ3n) is 2.64. The molecule has 0 aliphatic carbocycles. The molecule has 0 spiro atoms. The van der Waals surface area contributed by atoms with E-state index in [4.69, 9.17) is 14.2 Å². The largest absolute Gasteiger partial charge is 0.497 e. The number of ether oxygens (including phenoxy) is 3. The summed E-state index contributed by atoms with van der Waals surface area (Å²) < 4.78 is 16.3. The van der Waals surface area contributed by atoms with E-state index < -0.39 is 5.97 Å². The summed E-state index contributed by atoms with van der Waals surface area (Å²) in [5.41, 5.74) is 0.470. The number of hydrogen-bond donors (Lipinski definition) is 0. The standard InChI is InChI=1S/C15H13BrO4/c1-18-11-8-12(16)14(13(9-11)19-2)20-15(17)10-6-4-3-5-7-10/h3-9H,1-2H3. The fourth-order valence-corrected chi connectivity index (χ4v) is 2.14. The van der Waals surface area contributed by atoms with Crippen molar-refractivity contribution in [3.8, 4) is 17.2 Å². The number of esters is 1. The Hall–Kier alpha value is -2.01. The van der Waals surface area contributed by atoms with Crippen LogP contribution in [0.15, 0.2) is 46.9 Å². The fourth-order valence-electron chi connectivity index (χ4n) is 1.64. The number of benzene rings is 2. The molecule has 2 aromatic carbocycles. The zero-order valence-corrected chi connectivity index (χ0v) is 12.6. The van der Waals surface area contributed by atoms with Crippen LogP contribution in [0.2, 0.25) is 0 Å². The van der Waals surface area contributed by atoms with Crippen molar-refractivity contribution in [1.82, 2.24) is 0 Å². The number of methoxy groups -OCH3 is 2. The predicted molar refractivity (Wildman–Crippen MR) is 78.6 cm³/mol. The second-order valence-corrected chi connectivity index (χ2v) is 4.75. The molecule has 5 heteroatoms. The van der Waals surface area contributed by atoms with Gasteiger partial charge in [0.05, 0.1) is 24.3 Å². The third-order valence-corrected chi connectivity index (χ3v) is 3.23. The van der Waals surface area contributed by atoms with Gasteiger partial charge in [-0.25, -0.2) is 4.79 Å². The van der Waals surface area contributed by atoms with Crippen molar-refractivity contribution >= 4 is 21.9 Å². The van der Waals surface area contributed by atoms with Gasteiger partial charge in [-0.3, -0.25) is 0 Å². The van der Waals surface area contributed by atoms with Crippen LogP contribution in [0.4, 0.5) is 0 Å². The number of hydrogen-bond acceptors (Lipinski definition) is 4. The first-order valence-electron chi connectivity index (χ1n) is 5.84. The molecular weight excluding hydrogens is 324 g/mol. The maximum absolute atomic E-state index is 12.1. The van der Waals surface area contributed by atoms with E-state index in [1.165, 1.54) is 7.11 Å². The summed E-state index contributed by atoms with van der Waals surface area (Å²) >= 11 is 3.34. The van der Waals surface area contributed by atoms with Crippen LogP contribution in [0.5, 0.6) is 17.2 Å². The molecule has 0 aromatic heterocycles. The molecule has 0 fully saturated rings. The van der Waals surface area contributed by atoms with E-state index in [1.807, 2.05) is 6.07 Å². The Balaban J connectivity index is 2.31. The summed E-state index contributed by atoms with van der Waals surface area (Å²) in [7, 11) is 3.05.